The van der Waals surface area contributed by atoms with E-state index in [1.807, 2.05) is 13.1 Å². The fourth-order valence-corrected chi connectivity index (χ4v) is 1.85. The van der Waals surface area contributed by atoms with E-state index < -0.39 is 10.8 Å². The molecule has 110 valence electrons. The van der Waals surface area contributed by atoms with E-state index >= 15 is 0 Å². The zero-order valence-electron chi connectivity index (χ0n) is 11.1. The third-order valence-corrected chi connectivity index (χ3v) is 2.97. The summed E-state index contributed by atoms with van der Waals surface area (Å²) in [7, 11) is 0. The number of hydrogen-bond donors (Lipinski definition) is 1. The molecule has 2 aromatic rings. The molecule has 0 aromatic carbocycles. The van der Waals surface area contributed by atoms with Crippen LogP contribution < -0.4 is 5.32 Å². The first-order valence-electron chi connectivity index (χ1n) is 6.04. The molecule has 2 rings (SSSR count). The van der Waals surface area contributed by atoms with Gasteiger partial charge in [0.1, 0.15) is 11.3 Å². The lowest BCUT2D eigenvalue weighted by atomic mass is 10.2. The molecule has 0 bridgehead atoms. The number of aromatic nitrogens is 3. The maximum Gasteiger partial charge on any atom is 0.288 e. The molecule has 0 fully saturated rings. The van der Waals surface area contributed by atoms with Crippen LogP contribution >= 0.6 is 11.6 Å². The van der Waals surface area contributed by atoms with Crippen LogP contribution in [0.25, 0.3) is 0 Å². The average molecular weight is 310 g/mol. The minimum atomic E-state index is -0.632. The summed E-state index contributed by atoms with van der Waals surface area (Å²) in [5.41, 5.74) is 0.710. The molecular formula is C12H12ClN5O3. The van der Waals surface area contributed by atoms with Crippen LogP contribution in [0.1, 0.15) is 15.9 Å². The third kappa shape index (κ3) is 3.76. The Balaban J connectivity index is 1.99. The van der Waals surface area contributed by atoms with E-state index in [4.69, 9.17) is 11.6 Å². The van der Waals surface area contributed by atoms with E-state index in [2.05, 4.69) is 15.4 Å². The second-order valence-corrected chi connectivity index (χ2v) is 4.68. The Morgan fingerprint density at radius 2 is 2.29 bits per heavy atom. The molecule has 0 radical (unpaired) electrons. The first-order chi connectivity index (χ1) is 9.97. The van der Waals surface area contributed by atoms with Crippen LogP contribution in [0.3, 0.4) is 0 Å². The van der Waals surface area contributed by atoms with Crippen LogP contribution in [0.4, 0.5) is 5.69 Å². The Morgan fingerprint density at radius 3 is 2.90 bits per heavy atom. The van der Waals surface area contributed by atoms with Gasteiger partial charge in [0.05, 0.1) is 23.2 Å². The monoisotopic (exact) mass is 309 g/mol. The van der Waals surface area contributed by atoms with Crippen molar-refractivity contribution in [3.05, 3.63) is 51.1 Å². The van der Waals surface area contributed by atoms with Crippen molar-refractivity contribution in [1.82, 2.24) is 20.1 Å². The molecule has 0 saturated heterocycles. The van der Waals surface area contributed by atoms with Gasteiger partial charge in [-0.2, -0.15) is 5.10 Å². The van der Waals surface area contributed by atoms with Crippen molar-refractivity contribution < 1.29 is 9.72 Å². The van der Waals surface area contributed by atoms with Crippen molar-refractivity contribution in [3.63, 3.8) is 0 Å². The molecular weight excluding hydrogens is 298 g/mol. The fourth-order valence-electron chi connectivity index (χ4n) is 1.66. The van der Waals surface area contributed by atoms with Crippen LogP contribution in [0.15, 0.2) is 24.7 Å². The Bertz CT molecular complexity index is 685. The Morgan fingerprint density at radius 1 is 1.52 bits per heavy atom. The number of pyridine rings is 1. The maximum atomic E-state index is 11.9. The maximum absolute atomic E-state index is 11.9. The molecule has 0 atom stereocenters. The van der Waals surface area contributed by atoms with Crippen molar-refractivity contribution in [2.75, 3.05) is 6.54 Å². The number of nitrogens with zero attached hydrogens (tertiary/aromatic N) is 4. The summed E-state index contributed by atoms with van der Waals surface area (Å²) >= 11 is 5.78. The second kappa shape index (κ2) is 6.31. The Hall–Kier alpha value is -2.48. The van der Waals surface area contributed by atoms with Gasteiger partial charge in [0.2, 0.25) is 0 Å². The molecule has 9 heteroatoms. The highest BCUT2D eigenvalue weighted by molar-refractivity contribution is 6.32. The summed E-state index contributed by atoms with van der Waals surface area (Å²) in [4.78, 5) is 25.6. The van der Waals surface area contributed by atoms with Gasteiger partial charge >= 0.3 is 0 Å². The van der Waals surface area contributed by atoms with Gasteiger partial charge in [-0.3, -0.25) is 19.6 Å². The standard InChI is InChI=1S/C12H12ClN5O3/c1-8-5-16-17(7-8)3-2-14-12(19)10-4-9(18(20)21)6-15-11(10)13/h4-7H,2-3H2,1H3,(H,14,19). The van der Waals surface area contributed by atoms with Crippen molar-refractivity contribution >= 4 is 23.2 Å². The second-order valence-electron chi connectivity index (χ2n) is 4.33. The molecule has 2 heterocycles. The number of hydrogen-bond acceptors (Lipinski definition) is 5. The molecule has 0 aliphatic rings. The molecule has 1 N–H and O–H groups in total. The van der Waals surface area contributed by atoms with Gasteiger partial charge in [-0.05, 0) is 12.5 Å². The van der Waals surface area contributed by atoms with Crippen molar-refractivity contribution in [2.45, 2.75) is 13.5 Å². The van der Waals surface area contributed by atoms with Gasteiger partial charge in [0.25, 0.3) is 11.6 Å². The molecule has 0 saturated carbocycles. The normalized spacial score (nSPS) is 10.4. The summed E-state index contributed by atoms with van der Waals surface area (Å²) in [6.07, 6.45) is 4.56. The van der Waals surface area contributed by atoms with Gasteiger partial charge in [0.15, 0.2) is 0 Å². The van der Waals surface area contributed by atoms with Gasteiger partial charge in [-0.1, -0.05) is 11.6 Å². The number of halogens is 1. The SMILES string of the molecule is Cc1cnn(CCNC(=O)c2cc([N+](=O)[O-])cnc2Cl)c1. The van der Waals surface area contributed by atoms with Crippen LogP contribution in [0, 0.1) is 17.0 Å². The van der Waals surface area contributed by atoms with Crippen LogP contribution in [-0.4, -0.2) is 32.1 Å². The molecule has 0 unspecified atom stereocenters. The van der Waals surface area contributed by atoms with Gasteiger partial charge < -0.3 is 5.32 Å². The number of carbonyl (C=O) groups is 1. The van der Waals surface area contributed by atoms with Gasteiger partial charge in [0, 0.05) is 18.8 Å². The minimum Gasteiger partial charge on any atom is -0.350 e. The Labute approximate surface area is 124 Å². The number of amides is 1. The quantitative estimate of drug-likeness (QED) is 0.513. The predicted octanol–water partition coefficient (Wildman–Crippen LogP) is 1.58. The molecule has 1 amide bonds. The van der Waals surface area contributed by atoms with E-state index in [0.29, 0.717) is 13.1 Å². The lowest BCUT2D eigenvalue weighted by molar-refractivity contribution is -0.385. The van der Waals surface area contributed by atoms with E-state index in [1.165, 1.54) is 0 Å². The van der Waals surface area contributed by atoms with Gasteiger partial charge in [-0.25, -0.2) is 4.98 Å². The largest absolute Gasteiger partial charge is 0.350 e. The van der Waals surface area contributed by atoms with E-state index in [1.54, 1.807) is 10.9 Å². The third-order valence-electron chi connectivity index (χ3n) is 2.67. The number of rotatable bonds is 5. The van der Waals surface area contributed by atoms with Gasteiger partial charge in [-0.15, -0.1) is 0 Å². The highest BCUT2D eigenvalue weighted by Gasteiger charge is 2.16. The fraction of sp³-hybridized carbons (Fsp3) is 0.250. The molecule has 0 spiro atoms. The Kier molecular flexibility index (Phi) is 4.49. The predicted molar refractivity (Wildman–Crippen MR) is 75.2 cm³/mol. The molecule has 2 aromatic heterocycles. The lowest BCUT2D eigenvalue weighted by Crippen LogP contribution is -2.27. The molecule has 8 nitrogen and oxygen atoms in total. The average Bonchev–Trinajstić information content (AvgIpc) is 2.84. The van der Waals surface area contributed by atoms with Crippen LogP contribution in [0.5, 0.6) is 0 Å². The summed E-state index contributed by atoms with van der Waals surface area (Å²) in [6, 6.07) is 1.10. The highest BCUT2D eigenvalue weighted by Crippen LogP contribution is 2.18. The molecule has 21 heavy (non-hydrogen) atoms. The zero-order chi connectivity index (χ0) is 15.4. The first-order valence-corrected chi connectivity index (χ1v) is 6.42. The van der Waals surface area contributed by atoms with E-state index in [-0.39, 0.29) is 16.4 Å². The number of aryl methyl sites for hydroxylation is 1. The summed E-state index contributed by atoms with van der Waals surface area (Å²) < 4.78 is 1.68. The molecule has 0 aliphatic heterocycles. The van der Waals surface area contributed by atoms with Crippen LogP contribution in [0.2, 0.25) is 5.15 Å². The summed E-state index contributed by atoms with van der Waals surface area (Å²) in [5.74, 6) is -0.514. The smallest absolute Gasteiger partial charge is 0.288 e. The topological polar surface area (TPSA) is 103 Å². The number of carbonyl (C=O) groups excluding carboxylic acids is 1. The number of nitrogens with one attached hydrogen (secondary N) is 1. The molecule has 0 aliphatic carbocycles. The summed E-state index contributed by atoms with van der Waals surface area (Å²) in [5, 5.41) is 17.3. The van der Waals surface area contributed by atoms with Crippen molar-refractivity contribution in [1.29, 1.82) is 0 Å². The first kappa shape index (κ1) is 14.9. The number of nitro groups is 1. The zero-order valence-corrected chi connectivity index (χ0v) is 11.9. The lowest BCUT2D eigenvalue weighted by Gasteiger charge is -2.06. The minimum absolute atomic E-state index is 0.0255. The highest BCUT2D eigenvalue weighted by atomic mass is 35.5. The van der Waals surface area contributed by atoms with E-state index in [0.717, 1.165) is 17.8 Å². The van der Waals surface area contributed by atoms with Crippen molar-refractivity contribution in [3.8, 4) is 0 Å². The van der Waals surface area contributed by atoms with E-state index in [9.17, 15) is 14.9 Å². The van der Waals surface area contributed by atoms with Crippen LogP contribution in [-0.2, 0) is 6.54 Å². The summed E-state index contributed by atoms with van der Waals surface area (Å²) in [6.45, 7) is 2.72. The van der Waals surface area contributed by atoms with Crippen molar-refractivity contribution in [2.24, 2.45) is 0 Å².